The van der Waals surface area contributed by atoms with Crippen molar-refractivity contribution < 1.29 is 33.3 Å². The number of carbonyl (C=O) groups excluding carboxylic acids is 2. The van der Waals surface area contributed by atoms with Crippen LogP contribution in [-0.2, 0) is 9.53 Å². The molecule has 0 saturated carbocycles. The molecule has 9 heteroatoms. The van der Waals surface area contributed by atoms with Gasteiger partial charge in [-0.05, 0) is 30.2 Å². The first-order valence-electron chi connectivity index (χ1n) is 12.0. The first-order valence-corrected chi connectivity index (χ1v) is 12.0. The number of methoxy groups -OCH3 is 3. The molecule has 0 aromatic heterocycles. The van der Waals surface area contributed by atoms with Crippen LogP contribution in [0.1, 0.15) is 24.2 Å². The second kappa shape index (κ2) is 13.0. The van der Waals surface area contributed by atoms with Crippen LogP contribution in [0.5, 0.6) is 23.0 Å². The molecule has 36 heavy (non-hydrogen) atoms. The molecule has 0 spiro atoms. The molecule has 9 nitrogen and oxygen atoms in total. The number of benzene rings is 2. The van der Waals surface area contributed by atoms with Crippen molar-refractivity contribution in [3.05, 3.63) is 48.0 Å². The summed E-state index contributed by atoms with van der Waals surface area (Å²) in [4.78, 5) is 29.8. The molecule has 196 valence electrons. The zero-order valence-electron chi connectivity index (χ0n) is 21.7. The van der Waals surface area contributed by atoms with Crippen LogP contribution in [0, 0.1) is 5.92 Å². The molecular formula is C27H36N2O7. The zero-order valence-corrected chi connectivity index (χ0v) is 21.7. The van der Waals surface area contributed by atoms with E-state index in [4.69, 9.17) is 23.7 Å². The van der Waals surface area contributed by atoms with E-state index in [1.807, 2.05) is 44.2 Å². The number of amides is 2. The molecule has 1 aliphatic rings. The number of hydrogen-bond acceptors (Lipinski definition) is 7. The van der Waals surface area contributed by atoms with Gasteiger partial charge in [-0.1, -0.05) is 32.0 Å². The maximum absolute atomic E-state index is 13.6. The third-order valence-corrected chi connectivity index (χ3v) is 5.81. The summed E-state index contributed by atoms with van der Waals surface area (Å²) in [5.74, 6) is 1.84. The predicted octanol–water partition coefficient (Wildman–Crippen LogP) is 3.12. The third-order valence-electron chi connectivity index (χ3n) is 5.81. The number of nitrogens with zero attached hydrogens (tertiary/aromatic N) is 2. The van der Waals surface area contributed by atoms with Crippen LogP contribution in [0.4, 0.5) is 0 Å². The quantitative estimate of drug-likeness (QED) is 0.469. The Balaban J connectivity index is 1.70. The van der Waals surface area contributed by atoms with Crippen molar-refractivity contribution in [2.24, 2.45) is 5.92 Å². The van der Waals surface area contributed by atoms with Gasteiger partial charge in [0.05, 0.1) is 34.0 Å². The van der Waals surface area contributed by atoms with E-state index >= 15 is 0 Å². The van der Waals surface area contributed by atoms with E-state index < -0.39 is 0 Å². The van der Waals surface area contributed by atoms with Crippen molar-refractivity contribution in [3.8, 4) is 23.0 Å². The second-order valence-electron chi connectivity index (χ2n) is 8.95. The zero-order chi connectivity index (χ0) is 26.1. The van der Waals surface area contributed by atoms with Crippen LogP contribution in [0.25, 0.3) is 0 Å². The minimum absolute atomic E-state index is 0.0448. The minimum Gasteiger partial charge on any atom is -0.493 e. The van der Waals surface area contributed by atoms with Crippen molar-refractivity contribution in [3.63, 3.8) is 0 Å². The average Bonchev–Trinajstić information content (AvgIpc) is 2.90. The number of rotatable bonds is 11. The van der Waals surface area contributed by atoms with Gasteiger partial charge >= 0.3 is 0 Å². The van der Waals surface area contributed by atoms with E-state index in [1.54, 1.807) is 21.9 Å². The summed E-state index contributed by atoms with van der Waals surface area (Å²) in [5, 5.41) is 0. The van der Waals surface area contributed by atoms with Crippen LogP contribution in [-0.4, -0.2) is 88.4 Å². The Morgan fingerprint density at radius 3 is 2.31 bits per heavy atom. The van der Waals surface area contributed by atoms with E-state index in [9.17, 15) is 9.59 Å². The molecule has 1 saturated heterocycles. The molecule has 0 aliphatic carbocycles. The summed E-state index contributed by atoms with van der Waals surface area (Å²) in [6, 6.07) is 12.5. The van der Waals surface area contributed by atoms with E-state index in [0.717, 1.165) is 0 Å². The summed E-state index contributed by atoms with van der Waals surface area (Å²) < 4.78 is 27.8. The van der Waals surface area contributed by atoms with Crippen molar-refractivity contribution in [1.82, 2.24) is 9.80 Å². The van der Waals surface area contributed by atoms with Crippen molar-refractivity contribution in [2.45, 2.75) is 20.0 Å². The van der Waals surface area contributed by atoms with Crippen LogP contribution in [0.3, 0.4) is 0 Å². The van der Waals surface area contributed by atoms with Crippen molar-refractivity contribution in [2.75, 3.05) is 60.7 Å². The highest BCUT2D eigenvalue weighted by atomic mass is 16.5. The van der Waals surface area contributed by atoms with Gasteiger partial charge in [-0.25, -0.2) is 0 Å². The summed E-state index contributed by atoms with van der Waals surface area (Å²) in [6.07, 6.45) is -0.316. The Morgan fingerprint density at radius 1 is 1.06 bits per heavy atom. The second-order valence-corrected chi connectivity index (χ2v) is 8.95. The lowest BCUT2D eigenvalue weighted by Crippen LogP contribution is -2.52. The molecule has 2 aromatic carbocycles. The maximum atomic E-state index is 13.6. The number of hydrogen-bond donors (Lipinski definition) is 0. The largest absolute Gasteiger partial charge is 0.493 e. The van der Waals surface area contributed by atoms with Gasteiger partial charge in [0, 0.05) is 31.7 Å². The Morgan fingerprint density at radius 2 is 1.72 bits per heavy atom. The van der Waals surface area contributed by atoms with Crippen LogP contribution >= 0.6 is 0 Å². The summed E-state index contributed by atoms with van der Waals surface area (Å²) in [5.41, 5.74) is 0.421. The minimum atomic E-state index is -0.316. The lowest BCUT2D eigenvalue weighted by atomic mass is 10.1. The molecule has 0 unspecified atom stereocenters. The van der Waals surface area contributed by atoms with E-state index in [1.165, 1.54) is 21.3 Å². The number of ether oxygens (including phenoxy) is 5. The topological polar surface area (TPSA) is 86.8 Å². The van der Waals surface area contributed by atoms with Crippen LogP contribution in [0.2, 0.25) is 0 Å². The highest BCUT2D eigenvalue weighted by Gasteiger charge is 2.29. The average molecular weight is 501 g/mol. The standard InChI is InChI=1S/C27H36N2O7/c1-19(2)15-29(27(31)20-13-23(32-3)26(34-5)24(14-20)33-4)17-22-16-28(11-12-35-22)25(30)18-36-21-9-7-6-8-10-21/h6-10,13-14,19,22H,11-12,15-18H2,1-5H3/t22-/m0/s1. The molecular weight excluding hydrogens is 464 g/mol. The Labute approximate surface area is 212 Å². The fraction of sp³-hybridized carbons (Fsp3) is 0.481. The monoisotopic (exact) mass is 500 g/mol. The van der Waals surface area contributed by atoms with E-state index in [0.29, 0.717) is 61.3 Å². The molecule has 1 aliphatic heterocycles. The molecule has 2 amide bonds. The van der Waals surface area contributed by atoms with Gasteiger partial charge in [0.1, 0.15) is 5.75 Å². The molecule has 1 heterocycles. The van der Waals surface area contributed by atoms with Crippen molar-refractivity contribution >= 4 is 11.8 Å². The molecule has 1 atom stereocenters. The highest BCUT2D eigenvalue weighted by Crippen LogP contribution is 2.38. The molecule has 3 rings (SSSR count). The maximum Gasteiger partial charge on any atom is 0.260 e. The molecule has 0 N–H and O–H groups in total. The molecule has 0 radical (unpaired) electrons. The van der Waals surface area contributed by atoms with Gasteiger partial charge < -0.3 is 33.5 Å². The highest BCUT2D eigenvalue weighted by molar-refractivity contribution is 5.95. The third kappa shape index (κ3) is 7.04. The first-order chi connectivity index (χ1) is 17.4. The fourth-order valence-corrected chi connectivity index (χ4v) is 4.12. The van der Waals surface area contributed by atoms with Gasteiger partial charge in [-0.15, -0.1) is 0 Å². The summed E-state index contributed by atoms with van der Waals surface area (Å²) >= 11 is 0. The summed E-state index contributed by atoms with van der Waals surface area (Å²) in [6.45, 7) is 6.19. The van der Waals surface area contributed by atoms with Crippen LogP contribution in [0.15, 0.2) is 42.5 Å². The number of para-hydroxylation sites is 1. The summed E-state index contributed by atoms with van der Waals surface area (Å²) in [7, 11) is 4.55. The molecule has 0 bridgehead atoms. The van der Waals surface area contributed by atoms with Gasteiger partial charge in [0.2, 0.25) is 5.75 Å². The lowest BCUT2D eigenvalue weighted by molar-refractivity contribution is -0.141. The number of carbonyl (C=O) groups is 2. The smallest absolute Gasteiger partial charge is 0.260 e. The molecule has 2 aromatic rings. The fourth-order valence-electron chi connectivity index (χ4n) is 4.12. The normalized spacial score (nSPS) is 15.4. The SMILES string of the molecule is COc1cc(C(=O)N(CC(C)C)C[C@@H]2CN(C(=O)COc3ccccc3)CCO2)cc(OC)c1OC. The van der Waals surface area contributed by atoms with Gasteiger partial charge in [-0.2, -0.15) is 0 Å². The lowest BCUT2D eigenvalue weighted by Gasteiger charge is -2.36. The Hall–Kier alpha value is -3.46. The van der Waals surface area contributed by atoms with Gasteiger partial charge in [0.15, 0.2) is 18.1 Å². The van der Waals surface area contributed by atoms with Crippen molar-refractivity contribution in [1.29, 1.82) is 0 Å². The van der Waals surface area contributed by atoms with Crippen LogP contribution < -0.4 is 18.9 Å². The van der Waals surface area contributed by atoms with E-state index in [2.05, 4.69) is 0 Å². The van der Waals surface area contributed by atoms with Gasteiger partial charge in [-0.3, -0.25) is 9.59 Å². The first kappa shape index (κ1) is 27.1. The Bertz CT molecular complexity index is 987. The number of morpholine rings is 1. The van der Waals surface area contributed by atoms with Gasteiger partial charge in [0.25, 0.3) is 11.8 Å². The van der Waals surface area contributed by atoms with E-state index in [-0.39, 0.29) is 30.4 Å². The Kier molecular flexibility index (Phi) is 9.81. The molecule has 1 fully saturated rings. The predicted molar refractivity (Wildman–Crippen MR) is 135 cm³/mol.